The number of phenolic OH excluding ortho intramolecular Hbond substituents is 1. The number of rotatable bonds is 5. The van der Waals surface area contributed by atoms with Crippen molar-refractivity contribution in [2.24, 2.45) is 0 Å². The predicted molar refractivity (Wildman–Crippen MR) is 107 cm³/mol. The van der Waals surface area contributed by atoms with E-state index in [4.69, 9.17) is 0 Å². The molecule has 0 aliphatic carbocycles. The summed E-state index contributed by atoms with van der Waals surface area (Å²) in [7, 11) is 0. The number of amides is 3. The molecular formula is C22H23N3O4. The number of nitrogens with one attached hydrogen (secondary N) is 1. The number of hydrogen-bond acceptors (Lipinski definition) is 4. The first-order chi connectivity index (χ1) is 13.9. The van der Waals surface area contributed by atoms with Crippen LogP contribution in [0.15, 0.2) is 48.5 Å². The Bertz CT molecular complexity index is 990. The molecule has 0 spiro atoms. The first-order valence-corrected chi connectivity index (χ1v) is 9.69. The summed E-state index contributed by atoms with van der Waals surface area (Å²) in [6.45, 7) is 2.30. The monoisotopic (exact) mass is 393 g/mol. The van der Waals surface area contributed by atoms with Gasteiger partial charge in [-0.05, 0) is 31.5 Å². The maximum atomic E-state index is 13.1. The van der Waals surface area contributed by atoms with Crippen LogP contribution < -0.4 is 10.2 Å². The molecule has 1 saturated heterocycles. The van der Waals surface area contributed by atoms with Crippen molar-refractivity contribution in [2.75, 3.05) is 11.4 Å². The van der Waals surface area contributed by atoms with Crippen LogP contribution in [0.3, 0.4) is 0 Å². The molecule has 2 aromatic carbocycles. The third kappa shape index (κ3) is 3.22. The molecule has 2 aliphatic heterocycles. The molecule has 3 amide bonds. The Labute approximate surface area is 168 Å². The number of aromatic hydroxyl groups is 1. The van der Waals surface area contributed by atoms with Gasteiger partial charge in [-0.25, -0.2) is 0 Å². The Balaban J connectivity index is 1.48. The van der Waals surface area contributed by atoms with E-state index >= 15 is 0 Å². The molecule has 0 radical (unpaired) electrons. The summed E-state index contributed by atoms with van der Waals surface area (Å²) in [5.41, 5.74) is 0.987. The van der Waals surface area contributed by atoms with E-state index in [-0.39, 0.29) is 43.0 Å². The van der Waals surface area contributed by atoms with E-state index in [0.29, 0.717) is 29.7 Å². The lowest BCUT2D eigenvalue weighted by molar-refractivity contribution is -0.121. The van der Waals surface area contributed by atoms with Gasteiger partial charge in [0.05, 0.1) is 11.3 Å². The number of para-hydroxylation sites is 2. The fraction of sp³-hybridized carbons (Fsp3) is 0.318. The topological polar surface area (TPSA) is 90.0 Å². The van der Waals surface area contributed by atoms with Gasteiger partial charge in [-0.15, -0.1) is 0 Å². The molecule has 2 aromatic rings. The first-order valence-electron chi connectivity index (χ1n) is 9.69. The summed E-state index contributed by atoms with van der Waals surface area (Å²) < 4.78 is 0. The molecule has 2 N–H and O–H groups in total. The molecule has 0 aromatic heterocycles. The third-order valence-corrected chi connectivity index (χ3v) is 5.78. The number of carbonyl (C=O) groups is 3. The molecule has 2 aliphatic rings. The van der Waals surface area contributed by atoms with E-state index < -0.39 is 5.66 Å². The van der Waals surface area contributed by atoms with Crippen molar-refractivity contribution in [3.05, 3.63) is 59.7 Å². The van der Waals surface area contributed by atoms with E-state index in [0.717, 1.165) is 0 Å². The average molecular weight is 393 g/mol. The lowest BCUT2D eigenvalue weighted by Crippen LogP contribution is -2.62. The highest BCUT2D eigenvalue weighted by molar-refractivity contribution is 6.10. The fourth-order valence-electron chi connectivity index (χ4n) is 4.20. The Morgan fingerprint density at radius 1 is 1.14 bits per heavy atom. The lowest BCUT2D eigenvalue weighted by Gasteiger charge is -2.48. The first kappa shape index (κ1) is 19.0. The molecule has 29 heavy (non-hydrogen) atoms. The van der Waals surface area contributed by atoms with Gasteiger partial charge in [-0.2, -0.15) is 0 Å². The molecule has 0 bridgehead atoms. The van der Waals surface area contributed by atoms with E-state index in [1.165, 1.54) is 0 Å². The lowest BCUT2D eigenvalue weighted by atomic mass is 9.98. The predicted octanol–water partition coefficient (Wildman–Crippen LogP) is 2.40. The Morgan fingerprint density at radius 3 is 2.66 bits per heavy atom. The Kier molecular flexibility index (Phi) is 4.74. The smallest absolute Gasteiger partial charge is 0.257 e. The molecular weight excluding hydrogens is 370 g/mol. The maximum absolute atomic E-state index is 13.1. The number of carbonyl (C=O) groups excluding carboxylic acids is 3. The highest BCUT2D eigenvalue weighted by Gasteiger charge is 2.52. The zero-order valence-corrected chi connectivity index (χ0v) is 16.2. The standard InChI is InChI=1S/C22H23N3O4/c1-22-12-10-20(28)25(22)17-8-4-3-7-16(17)21(29)24(22)13-11-19(27)23-14-15-6-2-5-9-18(15)26/h2-9,26H,10-14H2,1H3,(H,23,27). The summed E-state index contributed by atoms with van der Waals surface area (Å²) in [6, 6.07) is 13.9. The zero-order chi connectivity index (χ0) is 20.6. The third-order valence-electron chi connectivity index (χ3n) is 5.78. The highest BCUT2D eigenvalue weighted by Crippen LogP contribution is 2.43. The molecule has 2 heterocycles. The van der Waals surface area contributed by atoms with Gasteiger partial charge >= 0.3 is 0 Å². The minimum Gasteiger partial charge on any atom is -0.508 e. The number of nitrogens with zero attached hydrogens (tertiary/aromatic N) is 2. The van der Waals surface area contributed by atoms with Gasteiger partial charge in [0.15, 0.2) is 0 Å². The molecule has 150 valence electrons. The largest absolute Gasteiger partial charge is 0.508 e. The summed E-state index contributed by atoms with van der Waals surface area (Å²) in [5.74, 6) is -0.272. The second-order valence-electron chi connectivity index (χ2n) is 7.58. The highest BCUT2D eigenvalue weighted by atomic mass is 16.3. The van der Waals surface area contributed by atoms with E-state index in [1.807, 2.05) is 13.0 Å². The Hall–Kier alpha value is -3.35. The van der Waals surface area contributed by atoms with Crippen molar-refractivity contribution in [3.63, 3.8) is 0 Å². The van der Waals surface area contributed by atoms with E-state index in [2.05, 4.69) is 5.32 Å². The molecule has 7 nitrogen and oxygen atoms in total. The normalized spacial score (nSPS) is 20.4. The van der Waals surface area contributed by atoms with Gasteiger partial charge in [-0.1, -0.05) is 30.3 Å². The van der Waals surface area contributed by atoms with Crippen LogP contribution in [-0.2, 0) is 16.1 Å². The van der Waals surface area contributed by atoms with Gasteiger partial charge in [-0.3, -0.25) is 19.3 Å². The number of anilines is 1. The average Bonchev–Trinajstić information content (AvgIpc) is 3.02. The van der Waals surface area contributed by atoms with Crippen LogP contribution >= 0.6 is 0 Å². The Morgan fingerprint density at radius 2 is 1.86 bits per heavy atom. The van der Waals surface area contributed by atoms with Crippen LogP contribution in [0, 0.1) is 0 Å². The van der Waals surface area contributed by atoms with Crippen molar-refractivity contribution >= 4 is 23.4 Å². The fourth-order valence-corrected chi connectivity index (χ4v) is 4.20. The van der Waals surface area contributed by atoms with Crippen LogP contribution in [-0.4, -0.2) is 39.9 Å². The van der Waals surface area contributed by atoms with Gasteiger partial charge in [0.2, 0.25) is 11.8 Å². The summed E-state index contributed by atoms with van der Waals surface area (Å²) in [6.07, 6.45) is 1.01. The van der Waals surface area contributed by atoms with Crippen LogP contribution in [0.5, 0.6) is 5.75 Å². The van der Waals surface area contributed by atoms with Crippen LogP contribution in [0.4, 0.5) is 5.69 Å². The summed E-state index contributed by atoms with van der Waals surface area (Å²) in [4.78, 5) is 41.4. The van der Waals surface area contributed by atoms with Crippen molar-refractivity contribution in [1.82, 2.24) is 10.2 Å². The van der Waals surface area contributed by atoms with Crippen molar-refractivity contribution < 1.29 is 19.5 Å². The van der Waals surface area contributed by atoms with Crippen molar-refractivity contribution in [2.45, 2.75) is 38.4 Å². The second kappa shape index (κ2) is 7.24. The molecule has 0 saturated carbocycles. The van der Waals surface area contributed by atoms with Gasteiger partial charge < -0.3 is 15.3 Å². The SMILES string of the molecule is CC12CCC(=O)N1c1ccccc1C(=O)N2CCC(=O)NCc1ccccc1O. The van der Waals surface area contributed by atoms with Crippen LogP contribution in [0.2, 0.25) is 0 Å². The molecule has 7 heteroatoms. The summed E-state index contributed by atoms with van der Waals surface area (Å²) >= 11 is 0. The van der Waals surface area contributed by atoms with Crippen LogP contribution in [0.25, 0.3) is 0 Å². The molecule has 1 fully saturated rings. The van der Waals surface area contributed by atoms with E-state index in [9.17, 15) is 19.5 Å². The zero-order valence-electron chi connectivity index (χ0n) is 16.2. The number of hydrogen-bond donors (Lipinski definition) is 2. The van der Waals surface area contributed by atoms with Crippen molar-refractivity contribution in [1.29, 1.82) is 0 Å². The van der Waals surface area contributed by atoms with Gasteiger partial charge in [0.25, 0.3) is 5.91 Å². The maximum Gasteiger partial charge on any atom is 0.257 e. The second-order valence-corrected chi connectivity index (χ2v) is 7.58. The minimum absolute atomic E-state index is 0.0125. The summed E-state index contributed by atoms with van der Waals surface area (Å²) in [5, 5.41) is 12.6. The van der Waals surface area contributed by atoms with Gasteiger partial charge in [0.1, 0.15) is 11.4 Å². The number of benzene rings is 2. The molecule has 1 unspecified atom stereocenters. The quantitative estimate of drug-likeness (QED) is 0.816. The number of fused-ring (bicyclic) bond motifs is 3. The molecule has 4 rings (SSSR count). The van der Waals surface area contributed by atoms with Crippen LogP contribution in [0.1, 0.15) is 42.1 Å². The van der Waals surface area contributed by atoms with E-state index in [1.54, 1.807) is 52.3 Å². The number of phenols is 1. The van der Waals surface area contributed by atoms with Crippen molar-refractivity contribution in [3.8, 4) is 5.75 Å². The van der Waals surface area contributed by atoms with Gasteiger partial charge in [0, 0.05) is 31.5 Å². The molecule has 1 atom stereocenters. The minimum atomic E-state index is -0.763.